The van der Waals surface area contributed by atoms with Crippen LogP contribution in [0.5, 0.6) is 0 Å². The minimum atomic E-state index is -0.230. The fourth-order valence-electron chi connectivity index (χ4n) is 3.76. The van der Waals surface area contributed by atoms with Crippen molar-refractivity contribution in [3.05, 3.63) is 72.1 Å². The van der Waals surface area contributed by atoms with Gasteiger partial charge in [-0.3, -0.25) is 4.90 Å². The van der Waals surface area contributed by atoms with Crippen LogP contribution in [0.25, 0.3) is 0 Å². The molecule has 1 aliphatic carbocycles. The Labute approximate surface area is 136 Å². The third kappa shape index (κ3) is 2.72. The van der Waals surface area contributed by atoms with Gasteiger partial charge in [-0.25, -0.2) is 4.79 Å². The first-order chi connectivity index (χ1) is 11.3. The fraction of sp³-hybridized carbons (Fsp3) is 0.300. The van der Waals surface area contributed by atoms with Gasteiger partial charge in [0, 0.05) is 6.04 Å². The molecule has 2 atom stereocenters. The Balaban J connectivity index is 1.57. The molecule has 1 aliphatic heterocycles. The lowest BCUT2D eigenvalue weighted by Gasteiger charge is -2.38. The molecule has 2 unspecified atom stereocenters. The SMILES string of the molecule is O=C(OCc1ccccc1)N1c2ccccc2[CH]C2CCCC21. The predicted molar refractivity (Wildman–Crippen MR) is 90.1 cm³/mol. The number of amides is 1. The highest BCUT2D eigenvalue weighted by Crippen LogP contribution is 2.43. The predicted octanol–water partition coefficient (Wildman–Crippen LogP) is 4.56. The van der Waals surface area contributed by atoms with Crippen LogP contribution >= 0.6 is 0 Å². The highest BCUT2D eigenvalue weighted by Gasteiger charge is 2.41. The van der Waals surface area contributed by atoms with Crippen molar-refractivity contribution in [2.75, 3.05) is 4.90 Å². The first-order valence-electron chi connectivity index (χ1n) is 8.27. The van der Waals surface area contributed by atoms with E-state index in [0.29, 0.717) is 12.5 Å². The summed E-state index contributed by atoms with van der Waals surface area (Å²) in [6.45, 7) is 0.319. The zero-order valence-corrected chi connectivity index (χ0v) is 13.0. The van der Waals surface area contributed by atoms with Crippen molar-refractivity contribution in [3.63, 3.8) is 0 Å². The second-order valence-electron chi connectivity index (χ2n) is 6.30. The largest absolute Gasteiger partial charge is 0.444 e. The number of hydrogen-bond donors (Lipinski definition) is 0. The third-order valence-electron chi connectivity index (χ3n) is 4.85. The summed E-state index contributed by atoms with van der Waals surface area (Å²) in [5, 5.41) is 0. The van der Waals surface area contributed by atoms with Gasteiger partial charge in [-0.15, -0.1) is 0 Å². The Morgan fingerprint density at radius 3 is 2.70 bits per heavy atom. The second kappa shape index (κ2) is 6.07. The molecule has 4 rings (SSSR count). The van der Waals surface area contributed by atoms with Crippen molar-refractivity contribution < 1.29 is 9.53 Å². The zero-order chi connectivity index (χ0) is 15.6. The van der Waals surface area contributed by atoms with Gasteiger partial charge in [0.25, 0.3) is 0 Å². The summed E-state index contributed by atoms with van der Waals surface area (Å²) in [5.74, 6) is 0.453. The van der Waals surface area contributed by atoms with Crippen LogP contribution in [0.2, 0.25) is 0 Å². The van der Waals surface area contributed by atoms with Gasteiger partial charge in [-0.05, 0) is 42.4 Å². The van der Waals surface area contributed by atoms with Gasteiger partial charge in [-0.1, -0.05) is 55.0 Å². The third-order valence-corrected chi connectivity index (χ3v) is 4.85. The number of ether oxygens (including phenoxy) is 1. The normalized spacial score (nSPS) is 22.3. The first-order valence-corrected chi connectivity index (χ1v) is 8.27. The molecule has 1 heterocycles. The van der Waals surface area contributed by atoms with E-state index < -0.39 is 0 Å². The number of carbonyl (C=O) groups is 1. The van der Waals surface area contributed by atoms with Crippen LogP contribution in [0.1, 0.15) is 30.4 Å². The Morgan fingerprint density at radius 2 is 1.83 bits per heavy atom. The molecule has 1 saturated carbocycles. The van der Waals surface area contributed by atoms with E-state index in [2.05, 4.69) is 12.5 Å². The minimum absolute atomic E-state index is 0.230. The van der Waals surface area contributed by atoms with Gasteiger partial charge < -0.3 is 4.74 Å². The number of para-hydroxylation sites is 1. The molecule has 2 aliphatic rings. The van der Waals surface area contributed by atoms with Gasteiger partial charge >= 0.3 is 6.09 Å². The Hall–Kier alpha value is -2.29. The van der Waals surface area contributed by atoms with E-state index in [0.717, 1.165) is 29.7 Å². The molecule has 1 amide bonds. The van der Waals surface area contributed by atoms with Gasteiger partial charge in [-0.2, -0.15) is 0 Å². The van der Waals surface area contributed by atoms with Crippen molar-refractivity contribution in [3.8, 4) is 0 Å². The van der Waals surface area contributed by atoms with Crippen molar-refractivity contribution in [2.45, 2.75) is 31.9 Å². The summed E-state index contributed by atoms with van der Waals surface area (Å²) in [6.07, 6.45) is 5.47. The molecule has 2 aromatic carbocycles. The van der Waals surface area contributed by atoms with Crippen LogP contribution in [0.4, 0.5) is 10.5 Å². The lowest BCUT2D eigenvalue weighted by atomic mass is 9.88. The number of hydrogen-bond acceptors (Lipinski definition) is 2. The lowest BCUT2D eigenvalue weighted by molar-refractivity contribution is 0.143. The lowest BCUT2D eigenvalue weighted by Crippen LogP contribution is -2.46. The van der Waals surface area contributed by atoms with Gasteiger partial charge in [0.2, 0.25) is 0 Å². The maximum atomic E-state index is 12.8. The average Bonchev–Trinajstić information content (AvgIpc) is 3.06. The molecule has 0 bridgehead atoms. The van der Waals surface area contributed by atoms with Gasteiger partial charge in [0.1, 0.15) is 6.61 Å². The van der Waals surface area contributed by atoms with Crippen LogP contribution < -0.4 is 4.90 Å². The van der Waals surface area contributed by atoms with E-state index in [4.69, 9.17) is 4.74 Å². The first kappa shape index (κ1) is 14.3. The summed E-state index contributed by atoms with van der Waals surface area (Å²) in [5.41, 5.74) is 3.14. The fourth-order valence-corrected chi connectivity index (χ4v) is 3.76. The molecule has 23 heavy (non-hydrogen) atoms. The minimum Gasteiger partial charge on any atom is -0.444 e. The zero-order valence-electron chi connectivity index (χ0n) is 13.0. The molecule has 0 aromatic heterocycles. The van der Waals surface area contributed by atoms with Crippen molar-refractivity contribution in [1.82, 2.24) is 0 Å². The number of rotatable bonds is 2. The van der Waals surface area contributed by atoms with E-state index >= 15 is 0 Å². The summed E-state index contributed by atoms with van der Waals surface area (Å²) in [7, 11) is 0. The summed E-state index contributed by atoms with van der Waals surface area (Å²) in [6, 6.07) is 18.2. The molecule has 3 heteroatoms. The summed E-state index contributed by atoms with van der Waals surface area (Å²) >= 11 is 0. The molecule has 0 N–H and O–H groups in total. The quantitative estimate of drug-likeness (QED) is 0.813. The van der Waals surface area contributed by atoms with Crippen molar-refractivity contribution >= 4 is 11.8 Å². The maximum Gasteiger partial charge on any atom is 0.414 e. The molecule has 3 nitrogen and oxygen atoms in total. The summed E-state index contributed by atoms with van der Waals surface area (Å²) < 4.78 is 5.61. The molecule has 0 spiro atoms. The van der Waals surface area contributed by atoms with E-state index in [1.807, 2.05) is 53.4 Å². The second-order valence-corrected chi connectivity index (χ2v) is 6.30. The summed E-state index contributed by atoms with van der Waals surface area (Å²) in [4.78, 5) is 14.7. The molecule has 1 radical (unpaired) electrons. The molecular weight excluding hydrogens is 286 g/mol. The van der Waals surface area contributed by atoms with E-state index in [1.54, 1.807) is 0 Å². The average molecular weight is 306 g/mol. The van der Waals surface area contributed by atoms with Crippen molar-refractivity contribution in [2.24, 2.45) is 5.92 Å². The monoisotopic (exact) mass is 306 g/mol. The van der Waals surface area contributed by atoms with Crippen molar-refractivity contribution in [1.29, 1.82) is 0 Å². The molecule has 117 valence electrons. The van der Waals surface area contributed by atoms with Crippen LogP contribution in [-0.4, -0.2) is 12.1 Å². The van der Waals surface area contributed by atoms with Crippen LogP contribution in [0.15, 0.2) is 54.6 Å². The number of fused-ring (bicyclic) bond motifs is 2. The highest BCUT2D eigenvalue weighted by molar-refractivity contribution is 5.91. The topological polar surface area (TPSA) is 29.5 Å². The van der Waals surface area contributed by atoms with E-state index in [1.165, 1.54) is 6.42 Å². The van der Waals surface area contributed by atoms with Crippen LogP contribution in [0.3, 0.4) is 0 Å². The van der Waals surface area contributed by atoms with Crippen LogP contribution in [0, 0.1) is 12.3 Å². The molecular formula is C20H20NO2. The maximum absolute atomic E-state index is 12.8. The van der Waals surface area contributed by atoms with Gasteiger partial charge in [0.05, 0.1) is 5.69 Å². The Bertz CT molecular complexity index is 698. The number of benzene rings is 2. The number of anilines is 1. The van der Waals surface area contributed by atoms with Crippen LogP contribution in [-0.2, 0) is 11.3 Å². The Kier molecular flexibility index (Phi) is 3.78. The highest BCUT2D eigenvalue weighted by atomic mass is 16.6. The van der Waals surface area contributed by atoms with E-state index in [-0.39, 0.29) is 12.1 Å². The van der Waals surface area contributed by atoms with E-state index in [9.17, 15) is 4.79 Å². The molecule has 0 saturated heterocycles. The number of carbonyl (C=O) groups excluding carboxylic acids is 1. The molecule has 2 aromatic rings. The number of nitrogens with zero attached hydrogens (tertiary/aromatic N) is 1. The smallest absolute Gasteiger partial charge is 0.414 e. The Morgan fingerprint density at radius 1 is 1.04 bits per heavy atom. The van der Waals surface area contributed by atoms with Gasteiger partial charge in [0.15, 0.2) is 0 Å². The molecule has 1 fully saturated rings. The standard InChI is InChI=1S/C20H20NO2/c22-20(23-14-15-7-2-1-3-8-15)21-18-11-5-4-9-16(18)13-17-10-6-12-19(17)21/h1-5,7-9,11,13,17,19H,6,10,12,14H2.